The van der Waals surface area contributed by atoms with Crippen LogP contribution >= 0.6 is 0 Å². The fraction of sp³-hybridized carbons (Fsp3) is 0.214. The molecular formula is C28H21F5N4O6. The van der Waals surface area contributed by atoms with Crippen molar-refractivity contribution in [2.45, 2.75) is 25.5 Å². The Morgan fingerprint density at radius 2 is 1.84 bits per heavy atom. The SMILES string of the molecule is CN(C(=O)c1cccc(-n2nc(C(F)(F)F)c3c2[C@@H](Oc2ccc(C(=O)O)cc2)COC3)c1)c1ccnc(OC(F)F)c1. The lowest BCUT2D eigenvalue weighted by Crippen LogP contribution is -2.27. The van der Waals surface area contributed by atoms with Crippen molar-refractivity contribution >= 4 is 17.6 Å². The van der Waals surface area contributed by atoms with Crippen molar-refractivity contribution in [1.29, 1.82) is 0 Å². The minimum atomic E-state index is -4.84. The largest absolute Gasteiger partial charge is 0.482 e. The number of halogens is 5. The van der Waals surface area contributed by atoms with Crippen LogP contribution in [-0.4, -0.2) is 52.0 Å². The highest BCUT2D eigenvalue weighted by molar-refractivity contribution is 6.06. The number of carbonyl (C=O) groups is 2. The van der Waals surface area contributed by atoms with Gasteiger partial charge in [-0.1, -0.05) is 6.07 Å². The standard InChI is InChI=1S/C28H21F5N4O6/c1-36(17-9-10-34-22(12-17)43-27(29)30)25(38)16-3-2-4-18(11-16)37-23-20(24(35-37)28(31,32)33)13-41-14-21(23)42-19-7-5-15(6-8-19)26(39)40/h2-12,21,27H,13-14H2,1H3,(H,39,40)/t21-/m0/s1. The molecule has 1 atom stereocenters. The number of carboxylic acids is 1. The van der Waals surface area contributed by atoms with Crippen molar-refractivity contribution in [2.75, 3.05) is 18.6 Å². The number of nitrogens with zero attached hydrogens (tertiary/aromatic N) is 4. The van der Waals surface area contributed by atoms with Gasteiger partial charge in [-0.2, -0.15) is 27.1 Å². The number of carboxylic acid groups (broad SMARTS) is 1. The number of benzene rings is 2. The zero-order chi connectivity index (χ0) is 30.9. The zero-order valence-electron chi connectivity index (χ0n) is 22.1. The second-order valence-electron chi connectivity index (χ2n) is 9.22. The molecule has 0 fully saturated rings. The number of pyridine rings is 1. The van der Waals surface area contributed by atoms with E-state index in [1.807, 2.05) is 0 Å². The number of anilines is 1. The molecule has 0 bridgehead atoms. The van der Waals surface area contributed by atoms with Crippen LogP contribution in [0, 0.1) is 0 Å². The molecule has 224 valence electrons. The second-order valence-corrected chi connectivity index (χ2v) is 9.22. The van der Waals surface area contributed by atoms with Gasteiger partial charge in [-0.25, -0.2) is 14.5 Å². The number of rotatable bonds is 8. The molecule has 1 aliphatic rings. The molecule has 0 aliphatic carbocycles. The van der Waals surface area contributed by atoms with Crippen molar-refractivity contribution in [1.82, 2.24) is 14.8 Å². The predicted octanol–water partition coefficient (Wildman–Crippen LogP) is 5.51. The van der Waals surface area contributed by atoms with E-state index in [0.29, 0.717) is 0 Å². The summed E-state index contributed by atoms with van der Waals surface area (Å²) in [7, 11) is 1.38. The highest BCUT2D eigenvalue weighted by atomic mass is 19.4. The molecule has 4 aromatic rings. The van der Waals surface area contributed by atoms with Crippen LogP contribution in [0.3, 0.4) is 0 Å². The smallest absolute Gasteiger partial charge is 0.435 e. The van der Waals surface area contributed by atoms with Gasteiger partial charge in [0.2, 0.25) is 5.88 Å². The molecular weight excluding hydrogens is 583 g/mol. The molecule has 15 heteroatoms. The molecule has 0 saturated heterocycles. The molecule has 2 aromatic carbocycles. The fourth-order valence-electron chi connectivity index (χ4n) is 4.48. The summed E-state index contributed by atoms with van der Waals surface area (Å²) in [6.45, 7) is -3.65. The maximum atomic E-state index is 14.0. The Morgan fingerprint density at radius 1 is 1.09 bits per heavy atom. The first-order valence-electron chi connectivity index (χ1n) is 12.5. The van der Waals surface area contributed by atoms with Gasteiger partial charge in [-0.3, -0.25) is 4.79 Å². The predicted molar refractivity (Wildman–Crippen MR) is 139 cm³/mol. The summed E-state index contributed by atoms with van der Waals surface area (Å²) < 4.78 is 84.0. The van der Waals surface area contributed by atoms with Crippen LogP contribution in [0.15, 0.2) is 66.9 Å². The van der Waals surface area contributed by atoms with Crippen LogP contribution in [0.2, 0.25) is 0 Å². The Morgan fingerprint density at radius 3 is 2.51 bits per heavy atom. The number of alkyl halides is 5. The summed E-state index contributed by atoms with van der Waals surface area (Å²) in [6.07, 6.45) is -4.73. The molecule has 43 heavy (non-hydrogen) atoms. The van der Waals surface area contributed by atoms with E-state index in [2.05, 4.69) is 14.8 Å². The van der Waals surface area contributed by atoms with Crippen LogP contribution in [-0.2, 0) is 17.5 Å². The normalized spacial score (nSPS) is 14.7. The Hall–Kier alpha value is -5.05. The van der Waals surface area contributed by atoms with Crippen molar-refractivity contribution in [2.24, 2.45) is 0 Å². The Balaban J connectivity index is 1.51. The van der Waals surface area contributed by atoms with Crippen LogP contribution in [0.25, 0.3) is 5.69 Å². The summed E-state index contributed by atoms with van der Waals surface area (Å²) in [5, 5.41) is 13.0. The van der Waals surface area contributed by atoms with Crippen molar-refractivity contribution in [3.63, 3.8) is 0 Å². The van der Waals surface area contributed by atoms with Crippen molar-refractivity contribution < 1.29 is 50.9 Å². The summed E-state index contributed by atoms with van der Waals surface area (Å²) in [5.41, 5.74) is -1.05. The highest BCUT2D eigenvalue weighted by Gasteiger charge is 2.43. The van der Waals surface area contributed by atoms with E-state index >= 15 is 0 Å². The van der Waals surface area contributed by atoms with Crippen molar-refractivity contribution in [3.8, 4) is 17.3 Å². The molecule has 0 radical (unpaired) electrons. The minimum Gasteiger partial charge on any atom is -0.482 e. The van der Waals surface area contributed by atoms with E-state index in [0.717, 1.165) is 15.6 Å². The van der Waals surface area contributed by atoms with E-state index < -0.39 is 48.9 Å². The second kappa shape index (κ2) is 11.7. The Kier molecular flexibility index (Phi) is 8.00. The number of aromatic carboxylic acids is 1. The quantitative estimate of drug-likeness (QED) is 0.262. The minimum absolute atomic E-state index is 0.00619. The first-order chi connectivity index (χ1) is 20.4. The third kappa shape index (κ3) is 6.25. The molecule has 5 rings (SSSR count). The van der Waals surface area contributed by atoms with E-state index in [1.54, 1.807) is 0 Å². The van der Waals surface area contributed by atoms with Gasteiger partial charge in [0.15, 0.2) is 11.8 Å². The lowest BCUT2D eigenvalue weighted by molar-refractivity contribution is -0.143. The molecule has 1 aliphatic heterocycles. The van der Waals surface area contributed by atoms with Crippen LogP contribution in [0.5, 0.6) is 11.6 Å². The molecule has 3 heterocycles. The summed E-state index contributed by atoms with van der Waals surface area (Å²) in [6, 6.07) is 13.5. The number of hydrogen-bond acceptors (Lipinski definition) is 7. The topological polar surface area (TPSA) is 116 Å². The van der Waals surface area contributed by atoms with Gasteiger partial charge >= 0.3 is 18.8 Å². The van der Waals surface area contributed by atoms with Gasteiger partial charge in [0, 0.05) is 30.4 Å². The monoisotopic (exact) mass is 604 g/mol. The molecule has 2 aromatic heterocycles. The first-order valence-corrected chi connectivity index (χ1v) is 12.5. The fourth-order valence-corrected chi connectivity index (χ4v) is 4.48. The van der Waals surface area contributed by atoms with E-state index in [4.69, 9.17) is 14.6 Å². The summed E-state index contributed by atoms with van der Waals surface area (Å²) >= 11 is 0. The number of fused-ring (bicyclic) bond motifs is 1. The lowest BCUT2D eigenvalue weighted by atomic mass is 10.1. The molecule has 0 unspecified atom stereocenters. The average Bonchev–Trinajstić information content (AvgIpc) is 3.38. The molecule has 10 nitrogen and oxygen atoms in total. The number of amides is 1. The maximum absolute atomic E-state index is 14.0. The third-order valence-electron chi connectivity index (χ3n) is 6.45. The third-order valence-corrected chi connectivity index (χ3v) is 6.45. The number of hydrogen-bond donors (Lipinski definition) is 1. The van der Waals surface area contributed by atoms with E-state index in [1.165, 1.54) is 67.8 Å². The summed E-state index contributed by atoms with van der Waals surface area (Å²) in [5.74, 6) is -1.99. The number of ether oxygens (including phenoxy) is 3. The summed E-state index contributed by atoms with van der Waals surface area (Å²) in [4.78, 5) is 29.3. The van der Waals surface area contributed by atoms with Crippen LogP contribution < -0.4 is 14.4 Å². The van der Waals surface area contributed by atoms with E-state index in [9.17, 15) is 31.5 Å². The van der Waals surface area contributed by atoms with Gasteiger partial charge in [0.05, 0.1) is 35.8 Å². The Labute approximate surface area is 239 Å². The van der Waals surface area contributed by atoms with Crippen LogP contribution in [0.1, 0.15) is 43.8 Å². The van der Waals surface area contributed by atoms with Gasteiger partial charge in [0.25, 0.3) is 5.91 Å². The molecule has 1 N–H and O–H groups in total. The van der Waals surface area contributed by atoms with Gasteiger partial charge in [-0.15, -0.1) is 0 Å². The van der Waals surface area contributed by atoms with Gasteiger partial charge in [0.1, 0.15) is 5.75 Å². The van der Waals surface area contributed by atoms with Crippen molar-refractivity contribution in [3.05, 3.63) is 94.9 Å². The molecule has 1 amide bonds. The average molecular weight is 604 g/mol. The Bertz CT molecular complexity index is 1660. The zero-order valence-corrected chi connectivity index (χ0v) is 22.1. The van der Waals surface area contributed by atoms with Crippen LogP contribution in [0.4, 0.5) is 27.6 Å². The lowest BCUT2D eigenvalue weighted by Gasteiger charge is -2.26. The van der Waals surface area contributed by atoms with E-state index in [-0.39, 0.29) is 46.1 Å². The van der Waals surface area contributed by atoms with Gasteiger partial charge in [-0.05, 0) is 48.5 Å². The van der Waals surface area contributed by atoms with Gasteiger partial charge < -0.3 is 24.2 Å². The number of aromatic nitrogens is 3. The number of carbonyl (C=O) groups excluding carboxylic acids is 1. The maximum Gasteiger partial charge on any atom is 0.435 e. The molecule has 0 spiro atoms. The first kappa shape index (κ1) is 29.4. The molecule has 0 saturated carbocycles. The highest BCUT2D eigenvalue weighted by Crippen LogP contribution is 2.40.